The number of hydrogen-bond donors (Lipinski definition) is 0. The van der Waals surface area contributed by atoms with Crippen LogP contribution in [0.1, 0.15) is 40.0 Å². The van der Waals surface area contributed by atoms with Crippen molar-refractivity contribution in [3.05, 3.63) is 0 Å². The summed E-state index contributed by atoms with van der Waals surface area (Å²) in [6.45, 7) is 8.04. The van der Waals surface area contributed by atoms with Crippen LogP contribution in [0.25, 0.3) is 0 Å². The van der Waals surface area contributed by atoms with E-state index in [0.717, 1.165) is 30.3 Å². The summed E-state index contributed by atoms with van der Waals surface area (Å²) in [4.78, 5) is 0. The van der Waals surface area contributed by atoms with Crippen molar-refractivity contribution in [2.75, 3.05) is 6.61 Å². The second-order valence-electron chi connectivity index (χ2n) is 5.41. The van der Waals surface area contributed by atoms with Crippen molar-refractivity contribution in [3.63, 3.8) is 0 Å². The highest BCUT2D eigenvalue weighted by Crippen LogP contribution is 2.44. The minimum absolute atomic E-state index is 0.615. The van der Waals surface area contributed by atoms with E-state index < -0.39 is 0 Å². The minimum Gasteiger partial charge on any atom is -0.377 e. The predicted molar refractivity (Wildman–Crippen MR) is 54.6 cm³/mol. The summed E-state index contributed by atoms with van der Waals surface area (Å²) in [5.74, 6) is 3.43. The zero-order valence-electron chi connectivity index (χ0n) is 9.12. The van der Waals surface area contributed by atoms with Gasteiger partial charge in [0.15, 0.2) is 0 Å². The SMILES string of the molecule is CC(C)CC1COC2C(C)CCC12. The van der Waals surface area contributed by atoms with Crippen LogP contribution in [0.15, 0.2) is 0 Å². The normalized spacial score (nSPS) is 44.3. The molecule has 1 aliphatic heterocycles. The molecule has 13 heavy (non-hydrogen) atoms. The molecule has 1 heterocycles. The minimum atomic E-state index is 0.615. The van der Waals surface area contributed by atoms with Crippen molar-refractivity contribution in [3.8, 4) is 0 Å². The standard InChI is InChI=1S/C12H22O/c1-8(2)6-10-7-13-12-9(3)4-5-11(10)12/h8-12H,4-7H2,1-3H3. The van der Waals surface area contributed by atoms with Gasteiger partial charge in [0.05, 0.1) is 12.7 Å². The van der Waals surface area contributed by atoms with Gasteiger partial charge in [-0.25, -0.2) is 0 Å². The summed E-state index contributed by atoms with van der Waals surface area (Å²) in [7, 11) is 0. The summed E-state index contributed by atoms with van der Waals surface area (Å²) in [5.41, 5.74) is 0. The Morgan fingerprint density at radius 2 is 2.08 bits per heavy atom. The Bertz CT molecular complexity index is 176. The molecule has 0 aromatic rings. The summed E-state index contributed by atoms with van der Waals surface area (Å²) in [6, 6.07) is 0. The van der Waals surface area contributed by atoms with E-state index in [4.69, 9.17) is 4.74 Å². The molecule has 4 unspecified atom stereocenters. The maximum Gasteiger partial charge on any atom is 0.0632 e. The predicted octanol–water partition coefficient (Wildman–Crippen LogP) is 3.09. The molecule has 1 aliphatic carbocycles. The van der Waals surface area contributed by atoms with Crippen molar-refractivity contribution in [1.82, 2.24) is 0 Å². The lowest BCUT2D eigenvalue weighted by Gasteiger charge is -2.18. The second-order valence-corrected chi connectivity index (χ2v) is 5.41. The molecule has 1 heteroatoms. The monoisotopic (exact) mass is 182 g/mol. The fourth-order valence-corrected chi connectivity index (χ4v) is 3.20. The quantitative estimate of drug-likeness (QED) is 0.637. The molecule has 1 saturated heterocycles. The number of ether oxygens (including phenoxy) is 1. The van der Waals surface area contributed by atoms with Gasteiger partial charge in [-0.1, -0.05) is 20.8 Å². The van der Waals surface area contributed by atoms with E-state index in [-0.39, 0.29) is 0 Å². The van der Waals surface area contributed by atoms with Crippen molar-refractivity contribution >= 4 is 0 Å². The Labute approximate surface area is 81.9 Å². The molecule has 0 N–H and O–H groups in total. The third-order valence-corrected chi connectivity index (χ3v) is 3.82. The topological polar surface area (TPSA) is 9.23 Å². The Balaban J connectivity index is 1.94. The fraction of sp³-hybridized carbons (Fsp3) is 1.00. The average Bonchev–Trinajstić information content (AvgIpc) is 2.56. The first-order valence-corrected chi connectivity index (χ1v) is 5.80. The molecule has 1 nitrogen and oxygen atoms in total. The zero-order chi connectivity index (χ0) is 9.42. The maximum absolute atomic E-state index is 5.90. The van der Waals surface area contributed by atoms with Crippen LogP contribution < -0.4 is 0 Å². The van der Waals surface area contributed by atoms with Gasteiger partial charge >= 0.3 is 0 Å². The largest absolute Gasteiger partial charge is 0.377 e. The van der Waals surface area contributed by atoms with Crippen LogP contribution in [0.2, 0.25) is 0 Å². The van der Waals surface area contributed by atoms with E-state index in [0.29, 0.717) is 6.10 Å². The first kappa shape index (κ1) is 9.51. The van der Waals surface area contributed by atoms with E-state index in [1.807, 2.05) is 0 Å². The van der Waals surface area contributed by atoms with Crippen LogP contribution in [-0.2, 0) is 4.74 Å². The van der Waals surface area contributed by atoms with Crippen LogP contribution in [0.5, 0.6) is 0 Å². The van der Waals surface area contributed by atoms with Gasteiger partial charge in [-0.3, -0.25) is 0 Å². The Hall–Kier alpha value is -0.0400. The smallest absolute Gasteiger partial charge is 0.0632 e. The molecule has 0 aromatic heterocycles. The van der Waals surface area contributed by atoms with Crippen molar-refractivity contribution in [2.24, 2.45) is 23.7 Å². The van der Waals surface area contributed by atoms with Gasteiger partial charge in [0.25, 0.3) is 0 Å². The number of rotatable bonds is 2. The molecule has 0 spiro atoms. The van der Waals surface area contributed by atoms with Crippen LogP contribution >= 0.6 is 0 Å². The second kappa shape index (κ2) is 3.61. The van der Waals surface area contributed by atoms with E-state index in [1.54, 1.807) is 0 Å². The van der Waals surface area contributed by atoms with E-state index in [2.05, 4.69) is 20.8 Å². The van der Waals surface area contributed by atoms with E-state index in [9.17, 15) is 0 Å². The van der Waals surface area contributed by atoms with Gasteiger partial charge in [0.2, 0.25) is 0 Å². The first-order chi connectivity index (χ1) is 6.18. The lowest BCUT2D eigenvalue weighted by Crippen LogP contribution is -2.18. The molecular weight excluding hydrogens is 160 g/mol. The third-order valence-electron chi connectivity index (χ3n) is 3.82. The highest BCUT2D eigenvalue weighted by molar-refractivity contribution is 4.92. The highest BCUT2D eigenvalue weighted by Gasteiger charge is 2.43. The molecule has 0 amide bonds. The van der Waals surface area contributed by atoms with Crippen LogP contribution in [0.3, 0.4) is 0 Å². The molecule has 4 atom stereocenters. The van der Waals surface area contributed by atoms with Gasteiger partial charge in [-0.2, -0.15) is 0 Å². The molecule has 76 valence electrons. The van der Waals surface area contributed by atoms with Crippen molar-refractivity contribution in [2.45, 2.75) is 46.1 Å². The van der Waals surface area contributed by atoms with Crippen LogP contribution in [0, 0.1) is 23.7 Å². The third kappa shape index (κ3) is 1.76. The Morgan fingerprint density at radius 3 is 2.77 bits per heavy atom. The lowest BCUT2D eigenvalue weighted by molar-refractivity contribution is 0.0701. The van der Waals surface area contributed by atoms with Gasteiger partial charge < -0.3 is 4.74 Å². The summed E-state index contributed by atoms with van der Waals surface area (Å²) >= 11 is 0. The summed E-state index contributed by atoms with van der Waals surface area (Å²) in [5, 5.41) is 0. The summed E-state index contributed by atoms with van der Waals surface area (Å²) in [6.07, 6.45) is 4.80. The Kier molecular flexibility index (Phi) is 2.64. The van der Waals surface area contributed by atoms with Crippen molar-refractivity contribution < 1.29 is 4.74 Å². The number of fused-ring (bicyclic) bond motifs is 1. The number of hydrogen-bond acceptors (Lipinski definition) is 1. The zero-order valence-corrected chi connectivity index (χ0v) is 9.12. The van der Waals surface area contributed by atoms with Gasteiger partial charge in [-0.05, 0) is 42.9 Å². The van der Waals surface area contributed by atoms with Crippen LogP contribution in [0.4, 0.5) is 0 Å². The fourth-order valence-electron chi connectivity index (χ4n) is 3.20. The first-order valence-electron chi connectivity index (χ1n) is 5.80. The van der Waals surface area contributed by atoms with Gasteiger partial charge in [-0.15, -0.1) is 0 Å². The maximum atomic E-state index is 5.90. The molecule has 2 aliphatic rings. The van der Waals surface area contributed by atoms with E-state index in [1.165, 1.54) is 19.3 Å². The molecule has 2 fully saturated rings. The highest BCUT2D eigenvalue weighted by atomic mass is 16.5. The Morgan fingerprint density at radius 1 is 1.31 bits per heavy atom. The van der Waals surface area contributed by atoms with Crippen LogP contribution in [-0.4, -0.2) is 12.7 Å². The average molecular weight is 182 g/mol. The molecule has 0 radical (unpaired) electrons. The van der Waals surface area contributed by atoms with E-state index >= 15 is 0 Å². The molecule has 0 aromatic carbocycles. The van der Waals surface area contributed by atoms with Gasteiger partial charge in [0, 0.05) is 0 Å². The molecule has 1 saturated carbocycles. The molecule has 0 bridgehead atoms. The molecular formula is C12H22O. The summed E-state index contributed by atoms with van der Waals surface area (Å²) < 4.78 is 5.90. The lowest BCUT2D eigenvalue weighted by atomic mass is 9.85. The molecule has 2 rings (SSSR count). The van der Waals surface area contributed by atoms with Gasteiger partial charge in [0.1, 0.15) is 0 Å². The van der Waals surface area contributed by atoms with Crippen molar-refractivity contribution in [1.29, 1.82) is 0 Å².